The normalized spacial score (nSPS) is 10.2. The smallest absolute Gasteiger partial charge is 0.323 e. The van der Waals surface area contributed by atoms with Gasteiger partial charge in [0.2, 0.25) is 0 Å². The number of methoxy groups -OCH3 is 2. The van der Waals surface area contributed by atoms with E-state index < -0.39 is 17.4 Å². The van der Waals surface area contributed by atoms with E-state index in [4.69, 9.17) is 0 Å². The Hall–Kier alpha value is -2.28. The third-order valence-electron chi connectivity index (χ3n) is 3.22. The van der Waals surface area contributed by atoms with E-state index in [2.05, 4.69) is 21.3 Å². The molecule has 1 aromatic carbocycles. The van der Waals surface area contributed by atoms with Gasteiger partial charge in [-0.1, -0.05) is 30.3 Å². The summed E-state index contributed by atoms with van der Waals surface area (Å²) in [4.78, 5) is 23.5. The first-order valence-corrected chi connectivity index (χ1v) is 6.71. The molecule has 0 spiro atoms. The summed E-state index contributed by atoms with van der Waals surface area (Å²) in [5.41, 5.74) is -0.168. The lowest BCUT2D eigenvalue weighted by molar-refractivity contribution is -0.167. The highest BCUT2D eigenvalue weighted by atomic mass is 16.5. The standard InChI is InChI=1S/C17H20O4/c1-17(15(18)20-2,16(19)21-3)13-9-5-8-12-14-10-6-4-7-11-14/h4,6-7,10-11H,8,12-13H2,1-3H3. The molecule has 1 rings (SSSR count). The Morgan fingerprint density at radius 3 is 2.14 bits per heavy atom. The maximum Gasteiger partial charge on any atom is 0.323 e. The fourth-order valence-electron chi connectivity index (χ4n) is 1.86. The number of hydrogen-bond donors (Lipinski definition) is 0. The number of aryl methyl sites for hydroxylation is 1. The van der Waals surface area contributed by atoms with E-state index in [0.29, 0.717) is 6.42 Å². The minimum atomic E-state index is -1.37. The summed E-state index contributed by atoms with van der Waals surface area (Å²) >= 11 is 0. The Kier molecular flexibility index (Phi) is 6.48. The van der Waals surface area contributed by atoms with Gasteiger partial charge in [0.05, 0.1) is 14.2 Å². The van der Waals surface area contributed by atoms with Crippen LogP contribution in [0.25, 0.3) is 0 Å². The van der Waals surface area contributed by atoms with Crippen molar-refractivity contribution in [2.45, 2.75) is 26.2 Å². The molecule has 0 N–H and O–H groups in total. The van der Waals surface area contributed by atoms with Crippen molar-refractivity contribution in [1.82, 2.24) is 0 Å². The van der Waals surface area contributed by atoms with Crippen molar-refractivity contribution in [2.24, 2.45) is 5.41 Å². The summed E-state index contributed by atoms with van der Waals surface area (Å²) in [5.74, 6) is 4.59. The minimum absolute atomic E-state index is 0.0845. The van der Waals surface area contributed by atoms with Crippen molar-refractivity contribution in [3.63, 3.8) is 0 Å². The molecule has 0 amide bonds. The van der Waals surface area contributed by atoms with E-state index in [1.807, 2.05) is 30.3 Å². The van der Waals surface area contributed by atoms with Crippen LogP contribution in [0.2, 0.25) is 0 Å². The van der Waals surface area contributed by atoms with Crippen molar-refractivity contribution in [3.8, 4) is 11.8 Å². The van der Waals surface area contributed by atoms with Gasteiger partial charge >= 0.3 is 11.9 Å². The molecule has 112 valence electrons. The first-order valence-electron chi connectivity index (χ1n) is 6.71. The zero-order valence-corrected chi connectivity index (χ0v) is 12.6. The molecular weight excluding hydrogens is 268 g/mol. The molecule has 0 unspecified atom stereocenters. The van der Waals surface area contributed by atoms with Gasteiger partial charge in [-0.3, -0.25) is 9.59 Å². The molecule has 0 aliphatic heterocycles. The molecule has 21 heavy (non-hydrogen) atoms. The van der Waals surface area contributed by atoms with Crippen LogP contribution < -0.4 is 0 Å². The number of carbonyl (C=O) groups excluding carboxylic acids is 2. The van der Waals surface area contributed by atoms with Crippen LogP contribution >= 0.6 is 0 Å². The van der Waals surface area contributed by atoms with Gasteiger partial charge in [0.25, 0.3) is 0 Å². The molecule has 0 saturated heterocycles. The number of carbonyl (C=O) groups is 2. The first kappa shape index (κ1) is 16.8. The van der Waals surface area contributed by atoms with Crippen molar-refractivity contribution in [2.75, 3.05) is 14.2 Å². The summed E-state index contributed by atoms with van der Waals surface area (Å²) in [6.07, 6.45) is 1.59. The van der Waals surface area contributed by atoms with Gasteiger partial charge in [0.15, 0.2) is 5.41 Å². The van der Waals surface area contributed by atoms with E-state index >= 15 is 0 Å². The predicted molar refractivity (Wildman–Crippen MR) is 79.3 cm³/mol. The van der Waals surface area contributed by atoms with Gasteiger partial charge in [-0.05, 0) is 18.9 Å². The third-order valence-corrected chi connectivity index (χ3v) is 3.22. The van der Waals surface area contributed by atoms with Crippen LogP contribution in [0.5, 0.6) is 0 Å². The molecule has 1 aromatic rings. The lowest BCUT2D eigenvalue weighted by Crippen LogP contribution is -2.38. The monoisotopic (exact) mass is 288 g/mol. The summed E-state index contributed by atoms with van der Waals surface area (Å²) in [5, 5.41) is 0. The van der Waals surface area contributed by atoms with Crippen LogP contribution in [0.1, 0.15) is 25.3 Å². The largest absolute Gasteiger partial charge is 0.468 e. The Labute approximate surface area is 125 Å². The topological polar surface area (TPSA) is 52.6 Å². The third kappa shape index (κ3) is 4.64. The summed E-state index contributed by atoms with van der Waals surface area (Å²) in [6.45, 7) is 1.48. The van der Waals surface area contributed by atoms with E-state index in [9.17, 15) is 9.59 Å². The maximum atomic E-state index is 11.7. The van der Waals surface area contributed by atoms with E-state index in [-0.39, 0.29) is 6.42 Å². The Bertz CT molecular complexity index is 521. The number of esters is 2. The van der Waals surface area contributed by atoms with Gasteiger partial charge in [-0.25, -0.2) is 0 Å². The number of benzene rings is 1. The second-order valence-corrected chi connectivity index (χ2v) is 4.83. The van der Waals surface area contributed by atoms with Crippen LogP contribution in [0.15, 0.2) is 30.3 Å². The second kappa shape index (κ2) is 8.11. The number of rotatable bonds is 5. The molecule has 4 nitrogen and oxygen atoms in total. The fourth-order valence-corrected chi connectivity index (χ4v) is 1.86. The molecule has 0 aromatic heterocycles. The van der Waals surface area contributed by atoms with Gasteiger partial charge in [-0.15, -0.1) is 11.8 Å². The Morgan fingerprint density at radius 1 is 1.05 bits per heavy atom. The van der Waals surface area contributed by atoms with Crippen molar-refractivity contribution < 1.29 is 19.1 Å². The second-order valence-electron chi connectivity index (χ2n) is 4.83. The average molecular weight is 288 g/mol. The zero-order valence-electron chi connectivity index (χ0n) is 12.6. The molecule has 0 bridgehead atoms. The maximum absolute atomic E-state index is 11.7. The van der Waals surface area contributed by atoms with Gasteiger partial charge in [0, 0.05) is 12.8 Å². The van der Waals surface area contributed by atoms with Crippen LogP contribution in [-0.4, -0.2) is 26.2 Å². The SMILES string of the molecule is COC(=O)C(C)(CC#CCCc1ccccc1)C(=O)OC. The first-order chi connectivity index (χ1) is 10.0. The summed E-state index contributed by atoms with van der Waals surface area (Å²) in [7, 11) is 2.48. The lowest BCUT2D eigenvalue weighted by atomic mass is 9.87. The molecule has 0 aliphatic rings. The van der Waals surface area contributed by atoms with Crippen molar-refractivity contribution in [3.05, 3.63) is 35.9 Å². The highest BCUT2D eigenvalue weighted by molar-refractivity contribution is 5.99. The van der Waals surface area contributed by atoms with E-state index in [0.717, 1.165) is 6.42 Å². The fraction of sp³-hybridized carbons (Fsp3) is 0.412. The highest BCUT2D eigenvalue weighted by Crippen LogP contribution is 2.24. The van der Waals surface area contributed by atoms with Gasteiger partial charge in [-0.2, -0.15) is 0 Å². The number of hydrogen-bond acceptors (Lipinski definition) is 4. The minimum Gasteiger partial charge on any atom is -0.468 e. The molecule has 0 aliphatic carbocycles. The van der Waals surface area contributed by atoms with E-state index in [1.165, 1.54) is 26.7 Å². The zero-order chi connectivity index (χ0) is 15.7. The summed E-state index contributed by atoms with van der Waals surface area (Å²) in [6, 6.07) is 10.00. The lowest BCUT2D eigenvalue weighted by Gasteiger charge is -2.20. The van der Waals surface area contributed by atoms with Crippen molar-refractivity contribution >= 4 is 11.9 Å². The van der Waals surface area contributed by atoms with Crippen LogP contribution in [0.3, 0.4) is 0 Å². The van der Waals surface area contributed by atoms with Gasteiger partial charge < -0.3 is 9.47 Å². The molecule has 0 radical (unpaired) electrons. The van der Waals surface area contributed by atoms with Crippen molar-refractivity contribution in [1.29, 1.82) is 0 Å². The average Bonchev–Trinajstić information content (AvgIpc) is 2.53. The van der Waals surface area contributed by atoms with Crippen LogP contribution in [0.4, 0.5) is 0 Å². The Balaban J connectivity index is 2.60. The molecule has 0 heterocycles. The number of ether oxygens (including phenoxy) is 2. The summed E-state index contributed by atoms with van der Waals surface area (Å²) < 4.78 is 9.31. The van der Waals surface area contributed by atoms with Gasteiger partial charge in [0.1, 0.15) is 0 Å². The van der Waals surface area contributed by atoms with Crippen LogP contribution in [0, 0.1) is 17.3 Å². The molecule has 0 fully saturated rings. The van der Waals surface area contributed by atoms with E-state index in [1.54, 1.807) is 0 Å². The Morgan fingerprint density at radius 2 is 1.62 bits per heavy atom. The molecular formula is C17H20O4. The molecule has 0 saturated carbocycles. The highest BCUT2D eigenvalue weighted by Gasteiger charge is 2.43. The predicted octanol–water partition coefficient (Wildman–Crippen LogP) is 2.37. The van der Waals surface area contributed by atoms with Crippen LogP contribution in [-0.2, 0) is 25.5 Å². The quantitative estimate of drug-likeness (QED) is 0.474. The molecule has 0 atom stereocenters. The molecule has 4 heteroatoms.